The number of thioether (sulfide) groups is 1. The molecule has 94 valence electrons. The van der Waals surface area contributed by atoms with E-state index in [4.69, 9.17) is 12.2 Å². The van der Waals surface area contributed by atoms with E-state index in [0.29, 0.717) is 4.64 Å². The molecule has 1 rings (SSSR count). The van der Waals surface area contributed by atoms with Crippen LogP contribution in [0.3, 0.4) is 0 Å². The van der Waals surface area contributed by atoms with Crippen LogP contribution in [0.2, 0.25) is 0 Å². The van der Waals surface area contributed by atoms with Gasteiger partial charge in [0.15, 0.2) is 0 Å². The average Bonchev–Trinajstić information content (AvgIpc) is 2.30. The Morgan fingerprint density at radius 1 is 1.41 bits per heavy atom. The van der Waals surface area contributed by atoms with E-state index in [1.165, 1.54) is 12.8 Å². The first kappa shape index (κ1) is 14.3. The van der Waals surface area contributed by atoms with Crippen molar-refractivity contribution >= 4 is 24.0 Å². The molecule has 0 aromatic carbocycles. The smallest absolute Gasteiger partial charge is 0.301 e. The van der Waals surface area contributed by atoms with Crippen molar-refractivity contribution in [3.8, 4) is 0 Å². The third-order valence-corrected chi connectivity index (χ3v) is 3.42. The summed E-state index contributed by atoms with van der Waals surface area (Å²) in [5, 5.41) is 1.88. The SMILES string of the molecule is C=CSCCCCCCn1ccc(=S)[nH]c1=O. The van der Waals surface area contributed by atoms with Gasteiger partial charge < -0.3 is 4.57 Å². The van der Waals surface area contributed by atoms with E-state index in [0.717, 1.165) is 25.1 Å². The van der Waals surface area contributed by atoms with Gasteiger partial charge in [-0.25, -0.2) is 4.79 Å². The van der Waals surface area contributed by atoms with Gasteiger partial charge in [-0.05, 0) is 30.1 Å². The molecule has 1 aromatic heterocycles. The maximum atomic E-state index is 11.5. The summed E-state index contributed by atoms with van der Waals surface area (Å²) in [4.78, 5) is 14.1. The second kappa shape index (κ2) is 8.31. The quantitative estimate of drug-likeness (QED) is 0.581. The molecule has 0 bridgehead atoms. The lowest BCUT2D eigenvalue weighted by atomic mass is 10.2. The Morgan fingerprint density at radius 2 is 2.18 bits per heavy atom. The van der Waals surface area contributed by atoms with E-state index >= 15 is 0 Å². The molecule has 0 unspecified atom stereocenters. The zero-order chi connectivity index (χ0) is 12.5. The van der Waals surface area contributed by atoms with Gasteiger partial charge in [0.2, 0.25) is 0 Å². The molecular formula is C12H18N2OS2. The predicted octanol–water partition coefficient (Wildman–Crippen LogP) is 3.34. The van der Waals surface area contributed by atoms with Crippen LogP contribution in [-0.4, -0.2) is 15.3 Å². The van der Waals surface area contributed by atoms with Crippen LogP contribution in [0.4, 0.5) is 0 Å². The van der Waals surface area contributed by atoms with Crippen molar-refractivity contribution in [2.45, 2.75) is 32.2 Å². The van der Waals surface area contributed by atoms with E-state index in [1.54, 1.807) is 28.6 Å². The first-order chi connectivity index (χ1) is 8.24. The molecule has 0 atom stereocenters. The van der Waals surface area contributed by atoms with Crippen molar-refractivity contribution in [3.05, 3.63) is 39.4 Å². The lowest BCUT2D eigenvalue weighted by molar-refractivity contribution is 0.562. The molecule has 0 aliphatic heterocycles. The van der Waals surface area contributed by atoms with Gasteiger partial charge in [0.1, 0.15) is 4.64 Å². The fraction of sp³-hybridized carbons (Fsp3) is 0.500. The van der Waals surface area contributed by atoms with Gasteiger partial charge >= 0.3 is 5.69 Å². The second-order valence-corrected chi connectivity index (χ2v) is 5.27. The fourth-order valence-electron chi connectivity index (χ4n) is 1.52. The van der Waals surface area contributed by atoms with Crippen molar-refractivity contribution in [3.63, 3.8) is 0 Å². The Morgan fingerprint density at radius 3 is 2.88 bits per heavy atom. The summed E-state index contributed by atoms with van der Waals surface area (Å²) < 4.78 is 2.17. The topological polar surface area (TPSA) is 37.8 Å². The van der Waals surface area contributed by atoms with Crippen molar-refractivity contribution < 1.29 is 0 Å². The van der Waals surface area contributed by atoms with Crippen LogP contribution in [0, 0.1) is 4.64 Å². The molecule has 17 heavy (non-hydrogen) atoms. The first-order valence-corrected chi connectivity index (χ1v) is 7.22. The molecule has 0 aliphatic rings. The number of hydrogen-bond donors (Lipinski definition) is 1. The summed E-state index contributed by atoms with van der Waals surface area (Å²) >= 11 is 6.63. The molecule has 5 heteroatoms. The number of unbranched alkanes of at least 4 members (excludes halogenated alkanes) is 3. The highest BCUT2D eigenvalue weighted by molar-refractivity contribution is 8.02. The molecule has 3 nitrogen and oxygen atoms in total. The third kappa shape index (κ3) is 5.89. The van der Waals surface area contributed by atoms with Crippen molar-refractivity contribution in [1.82, 2.24) is 9.55 Å². The van der Waals surface area contributed by atoms with Crippen LogP contribution >= 0.6 is 24.0 Å². The van der Waals surface area contributed by atoms with E-state index < -0.39 is 0 Å². The molecule has 0 saturated carbocycles. The number of nitrogens with one attached hydrogen (secondary N) is 1. The van der Waals surface area contributed by atoms with E-state index in [-0.39, 0.29) is 5.69 Å². The van der Waals surface area contributed by atoms with Crippen molar-refractivity contribution in [2.24, 2.45) is 0 Å². The molecule has 0 radical (unpaired) electrons. The number of hydrogen-bond acceptors (Lipinski definition) is 3. The largest absolute Gasteiger partial charge is 0.326 e. The molecule has 0 spiro atoms. The first-order valence-electron chi connectivity index (χ1n) is 5.76. The molecule has 1 N–H and O–H groups in total. The Hall–Kier alpha value is -0.810. The van der Waals surface area contributed by atoms with Crippen LogP contribution in [-0.2, 0) is 6.54 Å². The fourth-order valence-corrected chi connectivity index (χ4v) is 2.21. The van der Waals surface area contributed by atoms with Gasteiger partial charge in [0.05, 0.1) is 0 Å². The lowest BCUT2D eigenvalue weighted by Crippen LogP contribution is -2.22. The number of aryl methyl sites for hydroxylation is 1. The number of nitrogens with zero attached hydrogens (tertiary/aromatic N) is 1. The maximum Gasteiger partial charge on any atom is 0.326 e. The Labute approximate surface area is 111 Å². The highest BCUT2D eigenvalue weighted by Crippen LogP contribution is 2.08. The normalized spacial score (nSPS) is 10.4. The monoisotopic (exact) mass is 270 g/mol. The van der Waals surface area contributed by atoms with Gasteiger partial charge in [0.25, 0.3) is 0 Å². The predicted molar refractivity (Wildman–Crippen MR) is 77.0 cm³/mol. The van der Waals surface area contributed by atoms with Crippen LogP contribution in [0.5, 0.6) is 0 Å². The Kier molecular flexibility index (Phi) is 6.96. The van der Waals surface area contributed by atoms with Crippen molar-refractivity contribution in [1.29, 1.82) is 0 Å². The van der Waals surface area contributed by atoms with E-state index in [9.17, 15) is 4.79 Å². The highest BCUT2D eigenvalue weighted by Gasteiger charge is 1.95. The van der Waals surface area contributed by atoms with Gasteiger partial charge in [-0.2, -0.15) is 0 Å². The van der Waals surface area contributed by atoms with Gasteiger partial charge in [-0.15, -0.1) is 11.8 Å². The standard InChI is InChI=1S/C12H18N2OS2/c1-2-17-10-6-4-3-5-8-14-9-7-11(16)13-12(14)15/h2,7,9H,1,3-6,8,10H2,(H,13,15,16). The summed E-state index contributed by atoms with van der Waals surface area (Å²) in [6.45, 7) is 4.43. The Bertz CT molecular complexity index is 450. The number of aromatic amines is 1. The van der Waals surface area contributed by atoms with Crippen molar-refractivity contribution in [2.75, 3.05) is 5.75 Å². The summed E-state index contributed by atoms with van der Waals surface area (Å²) in [5.74, 6) is 1.14. The lowest BCUT2D eigenvalue weighted by Gasteiger charge is -2.04. The van der Waals surface area contributed by atoms with Gasteiger partial charge in [0, 0.05) is 12.7 Å². The van der Waals surface area contributed by atoms with Gasteiger partial charge in [-0.3, -0.25) is 4.98 Å². The minimum absolute atomic E-state index is 0.111. The molecule has 0 aliphatic carbocycles. The molecule has 0 amide bonds. The Balaban J connectivity index is 2.20. The summed E-state index contributed by atoms with van der Waals surface area (Å²) in [5.41, 5.74) is -0.111. The van der Waals surface area contributed by atoms with E-state index in [2.05, 4.69) is 11.6 Å². The molecule has 1 heterocycles. The number of aromatic nitrogens is 2. The van der Waals surface area contributed by atoms with Gasteiger partial charge in [-0.1, -0.05) is 31.6 Å². The van der Waals surface area contributed by atoms with Crippen LogP contribution in [0.1, 0.15) is 25.7 Å². The minimum Gasteiger partial charge on any atom is -0.301 e. The summed E-state index contributed by atoms with van der Waals surface area (Å²) in [6, 6.07) is 1.75. The highest BCUT2D eigenvalue weighted by atomic mass is 32.2. The third-order valence-electron chi connectivity index (χ3n) is 2.43. The zero-order valence-corrected chi connectivity index (χ0v) is 11.5. The van der Waals surface area contributed by atoms with Crippen LogP contribution in [0.25, 0.3) is 0 Å². The second-order valence-electron chi connectivity index (χ2n) is 3.76. The molecule has 0 fully saturated rings. The van der Waals surface area contributed by atoms with Crippen LogP contribution in [0.15, 0.2) is 29.0 Å². The summed E-state index contributed by atoms with van der Waals surface area (Å²) in [6.07, 6.45) is 6.36. The summed E-state index contributed by atoms with van der Waals surface area (Å²) in [7, 11) is 0. The maximum absolute atomic E-state index is 11.5. The minimum atomic E-state index is -0.111. The van der Waals surface area contributed by atoms with Crippen LogP contribution < -0.4 is 5.69 Å². The molecule has 0 saturated heterocycles. The zero-order valence-electron chi connectivity index (χ0n) is 9.85. The number of rotatable bonds is 8. The van der Waals surface area contributed by atoms with E-state index in [1.807, 2.05) is 5.41 Å². The molecular weight excluding hydrogens is 252 g/mol. The number of H-pyrrole nitrogens is 1. The molecule has 1 aromatic rings. The average molecular weight is 270 g/mol.